The van der Waals surface area contributed by atoms with E-state index in [4.69, 9.17) is 4.74 Å². The fourth-order valence-electron chi connectivity index (χ4n) is 10.0. The Kier molecular flexibility index (Phi) is 9.31. The Balaban J connectivity index is 0.839. The van der Waals surface area contributed by atoms with Crippen molar-refractivity contribution in [2.24, 2.45) is 10.8 Å². The molecule has 294 valence electrons. The van der Waals surface area contributed by atoms with Crippen molar-refractivity contribution in [3.8, 4) is 11.8 Å². The monoisotopic (exact) mass is 770 g/mol. The Morgan fingerprint density at radius 2 is 1.44 bits per heavy atom. The smallest absolute Gasteiger partial charge is 0.262 e. The fourth-order valence-corrected chi connectivity index (χ4v) is 10.0. The third-order valence-corrected chi connectivity index (χ3v) is 12.9. The second kappa shape index (κ2) is 14.0. The first-order valence-electron chi connectivity index (χ1n) is 19.6. The topological polar surface area (TPSA) is 169 Å². The lowest BCUT2D eigenvalue weighted by molar-refractivity contribution is -0.164. The van der Waals surface area contributed by atoms with Crippen LogP contribution in [0, 0.1) is 29.1 Å². The van der Waals surface area contributed by atoms with Crippen LogP contribution in [0.15, 0.2) is 54.6 Å². The van der Waals surface area contributed by atoms with E-state index in [2.05, 4.69) is 49.3 Å². The van der Waals surface area contributed by atoms with Crippen molar-refractivity contribution in [2.45, 2.75) is 97.6 Å². The molecule has 4 aliphatic heterocycles. The lowest BCUT2D eigenvalue weighted by Gasteiger charge is -2.63. The fraction of sp³-hybridized carbons (Fsp3) is 0.432. The molecule has 1 atom stereocenters. The number of amides is 6. The van der Waals surface area contributed by atoms with Crippen LogP contribution >= 0.6 is 0 Å². The first kappa shape index (κ1) is 38.0. The van der Waals surface area contributed by atoms with E-state index in [1.54, 1.807) is 42.5 Å². The summed E-state index contributed by atoms with van der Waals surface area (Å²) in [5.41, 5.74) is 4.22. The molecule has 0 spiro atoms. The second-order valence-electron chi connectivity index (χ2n) is 17.3. The minimum atomic E-state index is -0.994. The number of hydrogen-bond acceptors (Lipinski definition) is 9. The van der Waals surface area contributed by atoms with E-state index in [0.29, 0.717) is 59.7 Å². The van der Waals surface area contributed by atoms with Crippen LogP contribution in [0.4, 0.5) is 0 Å². The van der Waals surface area contributed by atoms with Crippen LogP contribution < -0.4 is 15.4 Å². The molecule has 57 heavy (non-hydrogen) atoms. The van der Waals surface area contributed by atoms with Crippen LogP contribution in [-0.2, 0) is 22.7 Å². The lowest BCUT2D eigenvalue weighted by Crippen LogP contribution is -2.74. The van der Waals surface area contributed by atoms with Crippen LogP contribution in [0.5, 0.6) is 5.75 Å². The molecule has 1 aliphatic carbocycles. The van der Waals surface area contributed by atoms with Gasteiger partial charge in [0.15, 0.2) is 0 Å². The molecule has 2 N–H and O–H groups in total. The molecule has 0 radical (unpaired) electrons. The molecule has 13 nitrogen and oxygen atoms in total. The first-order valence-corrected chi connectivity index (χ1v) is 19.6. The number of nitrogens with zero attached hydrogens (tertiary/aromatic N) is 4. The van der Waals surface area contributed by atoms with Crippen LogP contribution in [0.2, 0.25) is 0 Å². The number of aryl methyl sites for hydroxylation is 1. The third-order valence-electron chi connectivity index (χ3n) is 12.9. The number of carbonyl (C=O) groups is 6. The zero-order chi connectivity index (χ0) is 40.6. The molecule has 5 aliphatic rings. The minimum absolute atomic E-state index is 0.0738. The number of fused-ring (bicyclic) bond motifs is 2. The second-order valence-corrected chi connectivity index (χ2v) is 17.3. The van der Waals surface area contributed by atoms with Crippen LogP contribution in [0.3, 0.4) is 0 Å². The van der Waals surface area contributed by atoms with Crippen molar-refractivity contribution in [3.05, 3.63) is 99.1 Å². The first-order chi connectivity index (χ1) is 27.1. The number of nitriles is 1. The van der Waals surface area contributed by atoms with Crippen LogP contribution in [-0.4, -0.2) is 87.5 Å². The molecule has 1 unspecified atom stereocenters. The Labute approximate surface area is 331 Å². The average molecular weight is 771 g/mol. The van der Waals surface area contributed by atoms with E-state index in [1.165, 1.54) is 0 Å². The van der Waals surface area contributed by atoms with Gasteiger partial charge in [-0.15, -0.1) is 0 Å². The quantitative estimate of drug-likeness (QED) is 0.329. The van der Waals surface area contributed by atoms with E-state index in [9.17, 15) is 34.0 Å². The van der Waals surface area contributed by atoms with E-state index in [1.807, 2.05) is 24.0 Å². The number of piperidine rings is 2. The predicted molar refractivity (Wildman–Crippen MR) is 207 cm³/mol. The maximum atomic E-state index is 13.6. The summed E-state index contributed by atoms with van der Waals surface area (Å²) in [6, 6.07) is 17.0. The van der Waals surface area contributed by atoms with Crippen molar-refractivity contribution < 1.29 is 33.5 Å². The van der Waals surface area contributed by atoms with Gasteiger partial charge < -0.3 is 15.0 Å². The number of hydrogen-bond donors (Lipinski definition) is 2. The van der Waals surface area contributed by atoms with Gasteiger partial charge in [0.25, 0.3) is 23.6 Å². The van der Waals surface area contributed by atoms with E-state index >= 15 is 0 Å². The number of rotatable bonds is 7. The summed E-state index contributed by atoms with van der Waals surface area (Å²) in [6.45, 7) is 12.6. The van der Waals surface area contributed by atoms with Gasteiger partial charge in [0.05, 0.1) is 22.8 Å². The summed E-state index contributed by atoms with van der Waals surface area (Å²) in [7, 11) is 0. The van der Waals surface area contributed by atoms with Crippen molar-refractivity contribution in [1.82, 2.24) is 25.3 Å². The highest BCUT2D eigenvalue weighted by Gasteiger charge is 2.64. The van der Waals surface area contributed by atoms with E-state index < -0.39 is 29.7 Å². The zero-order valence-electron chi connectivity index (χ0n) is 32.8. The molecule has 4 heterocycles. The van der Waals surface area contributed by atoms with Gasteiger partial charge in [0.1, 0.15) is 17.9 Å². The highest BCUT2D eigenvalue weighted by Crippen LogP contribution is 2.55. The molecule has 1 saturated carbocycles. The average Bonchev–Trinajstić information content (AvgIpc) is 3.71. The summed E-state index contributed by atoms with van der Waals surface area (Å²) in [6.07, 6.45) is 1.55. The molecule has 3 aromatic carbocycles. The van der Waals surface area contributed by atoms with Crippen molar-refractivity contribution in [1.29, 1.82) is 5.26 Å². The summed E-state index contributed by atoms with van der Waals surface area (Å²) in [5.74, 6) is -1.66. The summed E-state index contributed by atoms with van der Waals surface area (Å²) in [4.78, 5) is 82.9. The molecule has 0 bridgehead atoms. The molecule has 13 heteroatoms. The van der Waals surface area contributed by atoms with Gasteiger partial charge in [-0.25, -0.2) is 0 Å². The molecule has 2 saturated heterocycles. The number of carbonyl (C=O) groups excluding carboxylic acids is 6. The SMILES string of the molecule is Cc1cc(OC2C(C)(C)C(NC(=O)c3ccc(C(=O)N4CCC(N5Cc6cc7c(cc6C5)C(=O)N(C5CCC(=O)NC5=O)C7=O)CC4)cc3)C2(C)C)ccc1C#N. The Morgan fingerprint density at radius 1 is 0.842 bits per heavy atom. The lowest BCUT2D eigenvalue weighted by atomic mass is 9.49. The van der Waals surface area contributed by atoms with Gasteiger partial charge in [-0.1, -0.05) is 27.7 Å². The standard InChI is InChI=1S/C44H46N6O7/c1-24-18-31(11-10-27(24)21-45)57-42-43(2,3)41(44(42,4)5)47-36(52)25-6-8-26(9-7-25)38(54)48-16-14-30(15-17-48)49-22-28-19-32-33(20-29(28)23-49)40(56)50(39(32)55)34-12-13-35(51)46-37(34)53/h6-11,18-20,30,34,41-42H,12-17,22-23H2,1-5H3,(H,47,52)(H,46,51,53). The third kappa shape index (κ3) is 6.45. The molecule has 0 aromatic heterocycles. The number of likely N-dealkylation sites (tertiary alicyclic amines) is 1. The van der Waals surface area contributed by atoms with Gasteiger partial charge >= 0.3 is 0 Å². The number of imide groups is 2. The summed E-state index contributed by atoms with van der Waals surface area (Å²) < 4.78 is 6.43. The Hall–Kier alpha value is -5.87. The minimum Gasteiger partial charge on any atom is -0.489 e. The predicted octanol–water partition coefficient (Wildman–Crippen LogP) is 4.50. The summed E-state index contributed by atoms with van der Waals surface area (Å²) >= 11 is 0. The Bertz CT molecular complexity index is 2220. The molecule has 8 rings (SSSR count). The maximum absolute atomic E-state index is 13.6. The van der Waals surface area contributed by atoms with Gasteiger partial charge in [-0.05, 0) is 97.5 Å². The van der Waals surface area contributed by atoms with Crippen molar-refractivity contribution in [3.63, 3.8) is 0 Å². The number of ether oxygens (including phenoxy) is 1. The largest absolute Gasteiger partial charge is 0.489 e. The number of benzene rings is 3. The van der Waals surface area contributed by atoms with Crippen molar-refractivity contribution in [2.75, 3.05) is 13.1 Å². The van der Waals surface area contributed by atoms with E-state index in [-0.39, 0.29) is 53.7 Å². The Morgan fingerprint density at radius 3 is 2.00 bits per heavy atom. The van der Waals surface area contributed by atoms with Gasteiger partial charge in [-0.3, -0.25) is 43.9 Å². The molecular weight excluding hydrogens is 725 g/mol. The van der Waals surface area contributed by atoms with Crippen LogP contribution in [0.25, 0.3) is 0 Å². The maximum Gasteiger partial charge on any atom is 0.262 e. The number of nitrogens with one attached hydrogen (secondary N) is 2. The highest BCUT2D eigenvalue weighted by molar-refractivity contribution is 6.23. The molecule has 6 amide bonds. The molecule has 3 fully saturated rings. The van der Waals surface area contributed by atoms with E-state index in [0.717, 1.165) is 34.4 Å². The van der Waals surface area contributed by atoms with Crippen molar-refractivity contribution >= 4 is 35.4 Å². The molecular formula is C44H46N6O7. The van der Waals surface area contributed by atoms with Gasteiger partial charge in [-0.2, -0.15) is 5.26 Å². The summed E-state index contributed by atoms with van der Waals surface area (Å²) in [5, 5.41) is 14.7. The highest BCUT2D eigenvalue weighted by atomic mass is 16.5. The van der Waals surface area contributed by atoms with Crippen LogP contribution in [0.1, 0.15) is 117 Å². The van der Waals surface area contributed by atoms with Gasteiger partial charge in [0, 0.05) is 66.6 Å². The zero-order valence-corrected chi connectivity index (χ0v) is 32.8. The van der Waals surface area contributed by atoms with Gasteiger partial charge in [0.2, 0.25) is 11.8 Å². The normalized spacial score (nSPS) is 24.0. The molecule has 3 aromatic rings.